The largest absolute Gasteiger partial charge is 3.00 e. The van der Waals surface area contributed by atoms with Crippen LogP contribution in [0.1, 0.15) is 59.3 Å². The Morgan fingerprint density at radius 3 is 0.750 bits per heavy atom. The number of ether oxygens (including phenoxy) is 3. The minimum absolute atomic E-state index is 0. The number of fused-ring (bicyclic) bond motifs is 6. The Labute approximate surface area is 765 Å². The van der Waals surface area contributed by atoms with Crippen molar-refractivity contribution >= 4 is 66.7 Å². The van der Waals surface area contributed by atoms with Gasteiger partial charge >= 0.3 is 20.1 Å². The van der Waals surface area contributed by atoms with Crippen LogP contribution in [0.5, 0.6) is 17.2 Å². The van der Waals surface area contributed by atoms with Gasteiger partial charge in [-0.25, -0.2) is 0 Å². The molecule has 630 valence electrons. The molecular formula is C117H99IrN5O4P. The Hall–Kier alpha value is -14.4. The van der Waals surface area contributed by atoms with E-state index in [0.717, 1.165) is 159 Å². The summed E-state index contributed by atoms with van der Waals surface area (Å²) in [7, 11) is -3.11. The number of unbranched alkanes of at least 4 members (excludes halogenated alkanes) is 3. The molecular weight excluding hydrogens is 1760 g/mol. The number of hydrogen-bond acceptors (Lipinski definition) is 7. The van der Waals surface area contributed by atoms with Crippen molar-refractivity contribution in [1.29, 1.82) is 0 Å². The maximum atomic E-state index is 15.2. The summed E-state index contributed by atoms with van der Waals surface area (Å²) in [6, 6.07) is 152. The zero-order chi connectivity index (χ0) is 86.6. The van der Waals surface area contributed by atoms with Gasteiger partial charge in [-0.05, 0) is 148 Å². The second kappa shape index (κ2) is 44.5. The SMILES string of the molecule is CCCCOc1cc[c-]c(-c2ccccn2)c1.CCCCOc1cc[c-]c(-c2ccccn2)c1.CCCCOc1cc[c-]c(-c2ccccn2)c1.O=P(c1ccc(-c2ccccc2)cc1)(c1ccc(-c2ccccc2)cc1)c1ccc(-c2ccccc2)cc1.[Ir+3].c1ccc2c(c1)c1ccccc1n2-c1ccc(-c2ccc(-n3c4ccccc4c4ccccc43)cc2)cc1. The minimum atomic E-state index is -3.11. The maximum Gasteiger partial charge on any atom is 3.00 e. The molecule has 0 atom stereocenters. The summed E-state index contributed by atoms with van der Waals surface area (Å²) in [5.41, 5.74) is 22.2. The third-order valence-electron chi connectivity index (χ3n) is 22.2. The third-order valence-corrected chi connectivity index (χ3v) is 25.3. The van der Waals surface area contributed by atoms with Gasteiger partial charge in [-0.2, -0.15) is 0 Å². The normalized spacial score (nSPS) is 10.9. The van der Waals surface area contributed by atoms with Crippen molar-refractivity contribution in [3.63, 3.8) is 0 Å². The van der Waals surface area contributed by atoms with Gasteiger partial charge in [0.05, 0.1) is 41.9 Å². The van der Waals surface area contributed by atoms with Crippen LogP contribution >= 0.6 is 7.14 Å². The van der Waals surface area contributed by atoms with E-state index in [1.54, 1.807) is 18.6 Å². The van der Waals surface area contributed by atoms with Crippen LogP contribution < -0.4 is 30.1 Å². The first-order chi connectivity index (χ1) is 62.8. The second-order valence-corrected chi connectivity index (χ2v) is 33.5. The Bertz CT molecular complexity index is 6230. The van der Waals surface area contributed by atoms with Crippen molar-refractivity contribution in [1.82, 2.24) is 24.1 Å². The quantitative estimate of drug-likeness (QED) is 0.0338. The average molecular weight is 1860 g/mol. The zero-order valence-corrected chi connectivity index (χ0v) is 75.4. The molecule has 20 rings (SSSR count). The van der Waals surface area contributed by atoms with Crippen LogP contribution in [0.25, 0.3) is 133 Å². The topological polar surface area (TPSA) is 93.3 Å². The van der Waals surface area contributed by atoms with Gasteiger partial charge in [0.2, 0.25) is 0 Å². The molecule has 11 heteroatoms. The van der Waals surface area contributed by atoms with Gasteiger partial charge in [-0.1, -0.05) is 337 Å². The fraction of sp³-hybridized carbons (Fsp3) is 0.103. The third kappa shape index (κ3) is 21.7. The average Bonchev–Trinajstić information content (AvgIpc) is 1.22. The van der Waals surface area contributed by atoms with Gasteiger partial charge < -0.3 is 42.9 Å². The first-order valence-electron chi connectivity index (χ1n) is 43.7. The van der Waals surface area contributed by atoms with Crippen molar-refractivity contribution in [3.8, 4) is 107 Å². The zero-order valence-electron chi connectivity index (χ0n) is 72.1. The fourth-order valence-corrected chi connectivity index (χ4v) is 18.2. The van der Waals surface area contributed by atoms with E-state index in [-0.39, 0.29) is 20.1 Å². The number of benzene rings is 15. The first-order valence-corrected chi connectivity index (χ1v) is 45.4. The van der Waals surface area contributed by atoms with E-state index in [1.165, 1.54) is 66.1 Å². The molecule has 9 nitrogen and oxygen atoms in total. The summed E-state index contributed by atoms with van der Waals surface area (Å²) in [6.45, 7) is 8.76. The molecule has 0 aliphatic heterocycles. The molecule has 0 saturated heterocycles. The van der Waals surface area contributed by atoms with Crippen molar-refractivity contribution in [2.45, 2.75) is 59.3 Å². The van der Waals surface area contributed by atoms with E-state index in [2.05, 4.69) is 281 Å². The molecule has 0 radical (unpaired) electrons. The van der Waals surface area contributed by atoms with E-state index < -0.39 is 7.14 Å². The molecule has 0 saturated carbocycles. The number of rotatable bonds is 24. The van der Waals surface area contributed by atoms with Crippen LogP contribution in [0.4, 0.5) is 0 Å². The van der Waals surface area contributed by atoms with Crippen molar-refractivity contribution in [2.24, 2.45) is 0 Å². The summed E-state index contributed by atoms with van der Waals surface area (Å²) in [4.78, 5) is 12.9. The van der Waals surface area contributed by atoms with Crippen LogP contribution in [0.2, 0.25) is 0 Å². The Morgan fingerprint density at radius 2 is 0.500 bits per heavy atom. The molecule has 0 fully saturated rings. The predicted molar refractivity (Wildman–Crippen MR) is 529 cm³/mol. The number of nitrogens with zero attached hydrogens (tertiary/aromatic N) is 5. The van der Waals surface area contributed by atoms with Gasteiger partial charge in [0.1, 0.15) is 0 Å². The molecule has 0 amide bonds. The number of pyridine rings is 3. The second-order valence-electron chi connectivity index (χ2n) is 30.7. The number of hydrogen-bond donors (Lipinski definition) is 0. The summed E-state index contributed by atoms with van der Waals surface area (Å²) in [6.07, 6.45) is 12.0. The van der Waals surface area contributed by atoms with E-state index in [9.17, 15) is 0 Å². The van der Waals surface area contributed by atoms with E-state index in [1.807, 2.05) is 200 Å². The van der Waals surface area contributed by atoms with Crippen LogP contribution in [0.15, 0.2) is 437 Å². The molecule has 0 N–H and O–H groups in total. The van der Waals surface area contributed by atoms with Gasteiger partial charge in [0, 0.05) is 84.7 Å². The fourth-order valence-electron chi connectivity index (χ4n) is 15.6. The predicted octanol–water partition coefficient (Wildman–Crippen LogP) is 29.1. The van der Waals surface area contributed by atoms with Gasteiger partial charge in [0.15, 0.2) is 7.14 Å². The summed E-state index contributed by atoms with van der Waals surface area (Å²) >= 11 is 0. The van der Waals surface area contributed by atoms with E-state index >= 15 is 4.57 Å². The number of para-hydroxylation sites is 4. The molecule has 20 aromatic rings. The summed E-state index contributed by atoms with van der Waals surface area (Å²) in [5, 5.41) is 7.63. The Morgan fingerprint density at radius 1 is 0.266 bits per heavy atom. The summed E-state index contributed by atoms with van der Waals surface area (Å²) < 4.78 is 36.9. The van der Waals surface area contributed by atoms with Gasteiger partial charge in [-0.3, -0.25) is 0 Å². The maximum absolute atomic E-state index is 15.2. The molecule has 0 bridgehead atoms. The number of aromatic nitrogens is 5. The van der Waals surface area contributed by atoms with Crippen LogP contribution in [0.3, 0.4) is 0 Å². The monoisotopic (exact) mass is 1860 g/mol. The molecule has 0 spiro atoms. The summed E-state index contributed by atoms with van der Waals surface area (Å²) in [5.74, 6) is 2.66. The molecule has 15 aromatic carbocycles. The standard InChI is InChI=1S/C36H24N2.C36H27OP.3C15H16NO.Ir/c1-5-13-33-29(9-1)30-10-2-6-14-34(30)37(33)27-21-17-25(18-22-27)26-19-23-28(24-20-26)38-35-15-7-3-11-31(35)32-12-4-8-16-36(32)38;37-38(34-22-16-31(17-23-34)28-10-4-1-5-11-28,35-24-18-32(19-25-35)29-12-6-2-7-13-29)36-26-20-33(21-27-36)30-14-8-3-9-15-30;3*1-2-3-11-17-14-8-6-7-13(12-14)15-9-4-5-10-16-15;/h1-24H;1-27H;3*4-6,8-10,12H,2-3,11H2,1H3;/q;;3*-1;+3. The smallest absolute Gasteiger partial charge is 0.513 e. The van der Waals surface area contributed by atoms with E-state index in [4.69, 9.17) is 14.2 Å². The molecule has 0 unspecified atom stereocenters. The van der Waals surface area contributed by atoms with E-state index in [0.29, 0.717) is 0 Å². The van der Waals surface area contributed by atoms with Gasteiger partial charge in [0.25, 0.3) is 0 Å². The first kappa shape index (κ1) is 88.5. The van der Waals surface area contributed by atoms with Crippen LogP contribution in [-0.4, -0.2) is 43.9 Å². The van der Waals surface area contributed by atoms with Crippen molar-refractivity contribution < 1.29 is 38.9 Å². The Balaban J connectivity index is 0.000000130. The Kier molecular flexibility index (Phi) is 30.8. The van der Waals surface area contributed by atoms with Crippen LogP contribution in [-0.2, 0) is 24.7 Å². The van der Waals surface area contributed by atoms with Crippen LogP contribution in [0, 0.1) is 18.2 Å². The molecule has 5 aromatic heterocycles. The van der Waals surface area contributed by atoms with Crippen molar-refractivity contribution in [2.75, 3.05) is 19.8 Å². The minimum Gasteiger partial charge on any atom is -0.513 e. The van der Waals surface area contributed by atoms with Gasteiger partial charge in [-0.15, -0.1) is 89.5 Å². The van der Waals surface area contributed by atoms with Crippen molar-refractivity contribution in [3.05, 3.63) is 455 Å². The molecule has 0 aliphatic carbocycles. The molecule has 128 heavy (non-hydrogen) atoms. The molecule has 0 aliphatic rings. The molecule has 5 heterocycles.